The van der Waals surface area contributed by atoms with Crippen LogP contribution in [-0.2, 0) is 10.0 Å². The SMILES string of the molecule is Cc1cc(Cl)ccc1S(=O)(=O)NC1CCCCC1O. The topological polar surface area (TPSA) is 66.4 Å². The molecule has 0 bridgehead atoms. The molecule has 1 aromatic rings. The fourth-order valence-corrected chi connectivity index (χ4v) is 4.18. The van der Waals surface area contributed by atoms with Gasteiger partial charge in [-0.25, -0.2) is 13.1 Å². The molecule has 2 atom stereocenters. The number of aryl methyl sites for hydroxylation is 1. The lowest BCUT2D eigenvalue weighted by molar-refractivity contribution is 0.101. The molecule has 2 unspecified atom stereocenters. The van der Waals surface area contributed by atoms with E-state index in [0.29, 0.717) is 23.4 Å². The van der Waals surface area contributed by atoms with Crippen LogP contribution in [0.2, 0.25) is 5.02 Å². The van der Waals surface area contributed by atoms with Crippen LogP contribution in [0.1, 0.15) is 31.2 Å². The van der Waals surface area contributed by atoms with E-state index in [2.05, 4.69) is 4.72 Å². The van der Waals surface area contributed by atoms with Crippen LogP contribution in [0.15, 0.2) is 23.1 Å². The lowest BCUT2D eigenvalue weighted by Gasteiger charge is -2.28. The largest absolute Gasteiger partial charge is 0.391 e. The second-order valence-electron chi connectivity index (χ2n) is 4.99. The number of hydrogen-bond acceptors (Lipinski definition) is 3. The van der Waals surface area contributed by atoms with E-state index >= 15 is 0 Å². The van der Waals surface area contributed by atoms with Gasteiger partial charge in [0.05, 0.1) is 11.0 Å². The van der Waals surface area contributed by atoms with Gasteiger partial charge in [-0.3, -0.25) is 0 Å². The zero-order chi connectivity index (χ0) is 14.0. The molecular weight excluding hydrogens is 286 g/mol. The van der Waals surface area contributed by atoms with Crippen LogP contribution in [-0.4, -0.2) is 25.7 Å². The summed E-state index contributed by atoms with van der Waals surface area (Å²) in [6.45, 7) is 1.71. The van der Waals surface area contributed by atoms with Crippen LogP contribution < -0.4 is 4.72 Å². The Morgan fingerprint density at radius 1 is 1.32 bits per heavy atom. The van der Waals surface area contributed by atoms with Gasteiger partial charge >= 0.3 is 0 Å². The Morgan fingerprint density at radius 2 is 2.00 bits per heavy atom. The molecule has 0 radical (unpaired) electrons. The van der Waals surface area contributed by atoms with Crippen LogP contribution in [0.5, 0.6) is 0 Å². The molecule has 6 heteroatoms. The first-order chi connectivity index (χ1) is 8.90. The molecule has 1 aliphatic carbocycles. The van der Waals surface area contributed by atoms with Crippen LogP contribution in [0.3, 0.4) is 0 Å². The van der Waals surface area contributed by atoms with Gasteiger partial charge in [0.1, 0.15) is 0 Å². The zero-order valence-electron chi connectivity index (χ0n) is 10.8. The third-order valence-electron chi connectivity index (χ3n) is 3.46. The van der Waals surface area contributed by atoms with Crippen molar-refractivity contribution in [2.45, 2.75) is 49.6 Å². The van der Waals surface area contributed by atoms with E-state index in [0.717, 1.165) is 12.8 Å². The highest BCUT2D eigenvalue weighted by molar-refractivity contribution is 7.89. The molecule has 2 rings (SSSR count). The van der Waals surface area contributed by atoms with Gasteiger partial charge in [-0.1, -0.05) is 24.4 Å². The summed E-state index contributed by atoms with van der Waals surface area (Å²) in [6, 6.07) is 4.28. The van der Waals surface area contributed by atoms with Crippen LogP contribution in [0.25, 0.3) is 0 Å². The van der Waals surface area contributed by atoms with Gasteiger partial charge in [0.25, 0.3) is 0 Å². The summed E-state index contributed by atoms with van der Waals surface area (Å²) in [7, 11) is -3.61. The predicted molar refractivity (Wildman–Crippen MR) is 74.8 cm³/mol. The summed E-state index contributed by atoms with van der Waals surface area (Å²) < 4.78 is 27.2. The minimum atomic E-state index is -3.61. The molecule has 1 aromatic carbocycles. The van der Waals surface area contributed by atoms with Crippen molar-refractivity contribution in [2.24, 2.45) is 0 Å². The lowest BCUT2D eigenvalue weighted by Crippen LogP contribution is -2.45. The van der Waals surface area contributed by atoms with E-state index in [1.165, 1.54) is 6.07 Å². The summed E-state index contributed by atoms with van der Waals surface area (Å²) >= 11 is 5.83. The molecule has 0 saturated heterocycles. The summed E-state index contributed by atoms with van der Waals surface area (Å²) in [5, 5.41) is 10.4. The normalized spacial score (nSPS) is 24.4. The summed E-state index contributed by atoms with van der Waals surface area (Å²) in [6.07, 6.45) is 2.60. The number of rotatable bonds is 3. The molecule has 19 heavy (non-hydrogen) atoms. The van der Waals surface area contributed by atoms with Crippen molar-refractivity contribution in [3.05, 3.63) is 28.8 Å². The van der Waals surface area contributed by atoms with Crippen molar-refractivity contribution in [3.8, 4) is 0 Å². The standard InChI is InChI=1S/C13H18ClNO3S/c1-9-8-10(14)6-7-13(9)19(17,18)15-11-4-2-3-5-12(11)16/h6-8,11-12,15-16H,2-5H2,1H3. The first-order valence-electron chi connectivity index (χ1n) is 6.37. The molecule has 0 aliphatic heterocycles. The number of halogens is 1. The van der Waals surface area contributed by atoms with Gasteiger partial charge in [-0.15, -0.1) is 0 Å². The minimum absolute atomic E-state index is 0.217. The van der Waals surface area contributed by atoms with Crippen molar-refractivity contribution >= 4 is 21.6 Å². The van der Waals surface area contributed by atoms with Crippen LogP contribution in [0.4, 0.5) is 0 Å². The lowest BCUT2D eigenvalue weighted by atomic mass is 9.93. The molecule has 1 fully saturated rings. The molecule has 1 saturated carbocycles. The van der Waals surface area contributed by atoms with Gasteiger partial charge in [0, 0.05) is 11.1 Å². The predicted octanol–water partition coefficient (Wildman–Crippen LogP) is 2.23. The quantitative estimate of drug-likeness (QED) is 0.900. The maximum absolute atomic E-state index is 12.3. The first kappa shape index (κ1) is 14.8. The zero-order valence-corrected chi connectivity index (χ0v) is 12.3. The maximum atomic E-state index is 12.3. The number of aliphatic hydroxyl groups is 1. The highest BCUT2D eigenvalue weighted by atomic mass is 35.5. The minimum Gasteiger partial charge on any atom is -0.391 e. The number of nitrogens with one attached hydrogen (secondary N) is 1. The maximum Gasteiger partial charge on any atom is 0.241 e. The Bertz CT molecular complexity index is 559. The Morgan fingerprint density at radius 3 is 2.63 bits per heavy atom. The van der Waals surface area contributed by atoms with E-state index in [1.54, 1.807) is 19.1 Å². The van der Waals surface area contributed by atoms with Crippen molar-refractivity contribution in [3.63, 3.8) is 0 Å². The number of sulfonamides is 1. The molecular formula is C13H18ClNO3S. The van der Waals surface area contributed by atoms with Crippen molar-refractivity contribution < 1.29 is 13.5 Å². The Hall–Kier alpha value is -0.620. The molecule has 1 aliphatic rings. The van der Waals surface area contributed by atoms with Crippen molar-refractivity contribution in [1.29, 1.82) is 0 Å². The molecule has 0 spiro atoms. The molecule has 4 nitrogen and oxygen atoms in total. The van der Waals surface area contributed by atoms with E-state index in [-0.39, 0.29) is 4.90 Å². The average molecular weight is 304 g/mol. The Kier molecular flexibility index (Phi) is 4.50. The van der Waals surface area contributed by atoms with Gasteiger partial charge in [0.15, 0.2) is 0 Å². The monoisotopic (exact) mass is 303 g/mol. The summed E-state index contributed by atoms with van der Waals surface area (Å²) in [4.78, 5) is 0.217. The fourth-order valence-electron chi connectivity index (χ4n) is 2.43. The van der Waals surface area contributed by atoms with E-state index in [9.17, 15) is 13.5 Å². The first-order valence-corrected chi connectivity index (χ1v) is 8.23. The van der Waals surface area contributed by atoms with Gasteiger partial charge < -0.3 is 5.11 Å². The fraction of sp³-hybridized carbons (Fsp3) is 0.538. The number of benzene rings is 1. The third kappa shape index (κ3) is 3.48. The second kappa shape index (κ2) is 5.79. The molecule has 0 aromatic heterocycles. The molecule has 0 amide bonds. The van der Waals surface area contributed by atoms with E-state index < -0.39 is 22.2 Å². The third-order valence-corrected chi connectivity index (χ3v) is 5.35. The smallest absolute Gasteiger partial charge is 0.241 e. The highest BCUT2D eigenvalue weighted by Gasteiger charge is 2.28. The summed E-state index contributed by atoms with van der Waals surface area (Å²) in [5.74, 6) is 0. The Balaban J connectivity index is 2.22. The van der Waals surface area contributed by atoms with Gasteiger partial charge in [-0.2, -0.15) is 0 Å². The van der Waals surface area contributed by atoms with E-state index in [4.69, 9.17) is 11.6 Å². The summed E-state index contributed by atoms with van der Waals surface area (Å²) in [5.41, 5.74) is 0.602. The average Bonchev–Trinajstić information content (AvgIpc) is 2.31. The molecule has 2 N–H and O–H groups in total. The number of hydrogen-bond donors (Lipinski definition) is 2. The van der Waals surface area contributed by atoms with Crippen LogP contribution >= 0.6 is 11.6 Å². The highest BCUT2D eigenvalue weighted by Crippen LogP contribution is 2.23. The number of aliphatic hydroxyl groups excluding tert-OH is 1. The van der Waals surface area contributed by atoms with Crippen LogP contribution in [0, 0.1) is 6.92 Å². The van der Waals surface area contributed by atoms with Gasteiger partial charge in [-0.05, 0) is 43.5 Å². The second-order valence-corrected chi connectivity index (χ2v) is 7.11. The van der Waals surface area contributed by atoms with Crippen molar-refractivity contribution in [1.82, 2.24) is 4.72 Å². The molecule has 106 valence electrons. The van der Waals surface area contributed by atoms with Crippen molar-refractivity contribution in [2.75, 3.05) is 0 Å². The van der Waals surface area contributed by atoms with Gasteiger partial charge in [0.2, 0.25) is 10.0 Å². The van der Waals surface area contributed by atoms with E-state index in [1.807, 2.05) is 0 Å². The Labute approximate surface area is 118 Å². The molecule has 0 heterocycles.